The van der Waals surface area contributed by atoms with E-state index in [0.717, 1.165) is 36.3 Å². The Morgan fingerprint density at radius 3 is 2.79 bits per heavy atom. The number of carboxylic acid groups (broad SMARTS) is 1. The van der Waals surface area contributed by atoms with Crippen LogP contribution in [0.5, 0.6) is 5.75 Å². The van der Waals surface area contributed by atoms with Crippen molar-refractivity contribution in [1.82, 2.24) is 4.98 Å². The maximum atomic E-state index is 13.6. The molecule has 1 aromatic heterocycles. The number of rotatable bonds is 3. The highest BCUT2D eigenvalue weighted by Crippen LogP contribution is 2.32. The smallest absolute Gasteiger partial charge is 0.337 e. The number of carboxylic acids is 1. The molecule has 29 heavy (non-hydrogen) atoms. The molecule has 2 aromatic carbocycles. The first-order valence-corrected chi connectivity index (χ1v) is 9.37. The molecule has 5 nitrogen and oxygen atoms in total. The highest BCUT2D eigenvalue weighted by atomic mass is 19.1. The number of anilines is 1. The predicted molar refractivity (Wildman–Crippen MR) is 111 cm³/mol. The van der Waals surface area contributed by atoms with Gasteiger partial charge in [0.1, 0.15) is 11.6 Å². The number of hydrogen-bond donors (Lipinski definition) is 2. The Balaban J connectivity index is 0.000000188. The molecular weight excluding hydrogens is 371 g/mol. The number of carbonyl (C=O) groups is 1. The van der Waals surface area contributed by atoms with Crippen LogP contribution in [0.25, 0.3) is 11.1 Å². The Morgan fingerprint density at radius 2 is 2.07 bits per heavy atom. The minimum atomic E-state index is -0.947. The molecule has 0 saturated heterocycles. The van der Waals surface area contributed by atoms with Crippen molar-refractivity contribution in [1.29, 1.82) is 0 Å². The van der Waals surface area contributed by atoms with Gasteiger partial charge in [-0.25, -0.2) is 9.18 Å². The largest absolute Gasteiger partial charge is 0.493 e. The van der Waals surface area contributed by atoms with Crippen LogP contribution in [0.1, 0.15) is 27.9 Å². The maximum Gasteiger partial charge on any atom is 0.337 e. The average Bonchev–Trinajstić information content (AvgIpc) is 2.75. The van der Waals surface area contributed by atoms with Crippen LogP contribution < -0.4 is 10.1 Å². The number of aromatic nitrogens is 1. The number of nitrogens with one attached hydrogen (secondary N) is 1. The van der Waals surface area contributed by atoms with Gasteiger partial charge in [0.15, 0.2) is 0 Å². The van der Waals surface area contributed by atoms with Crippen molar-refractivity contribution in [3.8, 4) is 16.9 Å². The number of ether oxygens (including phenoxy) is 1. The zero-order valence-corrected chi connectivity index (χ0v) is 16.4. The number of aromatic carboxylic acids is 1. The molecule has 0 unspecified atom stereocenters. The molecule has 1 aliphatic heterocycles. The first kappa shape index (κ1) is 20.3. The number of benzene rings is 2. The fraction of sp³-hybridized carbons (Fsp3) is 0.217. The van der Waals surface area contributed by atoms with Gasteiger partial charge >= 0.3 is 5.97 Å². The molecule has 0 spiro atoms. The van der Waals surface area contributed by atoms with E-state index >= 15 is 0 Å². The van der Waals surface area contributed by atoms with Crippen LogP contribution in [0, 0.1) is 12.7 Å². The van der Waals surface area contributed by atoms with Gasteiger partial charge in [0.05, 0.1) is 24.1 Å². The Morgan fingerprint density at radius 1 is 1.24 bits per heavy atom. The molecule has 2 heterocycles. The summed E-state index contributed by atoms with van der Waals surface area (Å²) in [6.07, 6.45) is 5.07. The molecule has 0 bridgehead atoms. The topological polar surface area (TPSA) is 71.5 Å². The van der Waals surface area contributed by atoms with E-state index in [0.29, 0.717) is 11.3 Å². The minimum absolute atomic E-state index is 0.161. The second kappa shape index (κ2) is 9.19. The molecule has 2 N–H and O–H groups in total. The van der Waals surface area contributed by atoms with Crippen molar-refractivity contribution in [2.24, 2.45) is 0 Å². The van der Waals surface area contributed by atoms with Crippen LogP contribution in [0.2, 0.25) is 0 Å². The molecule has 0 saturated carbocycles. The van der Waals surface area contributed by atoms with E-state index in [2.05, 4.69) is 22.4 Å². The van der Waals surface area contributed by atoms with Crippen LogP contribution >= 0.6 is 0 Å². The van der Waals surface area contributed by atoms with Crippen molar-refractivity contribution >= 4 is 11.7 Å². The maximum absolute atomic E-state index is 13.6. The first-order valence-electron chi connectivity index (χ1n) is 9.37. The van der Waals surface area contributed by atoms with E-state index in [-0.39, 0.29) is 11.4 Å². The van der Waals surface area contributed by atoms with Crippen LogP contribution in [0.15, 0.2) is 54.9 Å². The zero-order valence-electron chi connectivity index (χ0n) is 16.4. The van der Waals surface area contributed by atoms with Gasteiger partial charge in [0.2, 0.25) is 0 Å². The number of pyridine rings is 1. The lowest BCUT2D eigenvalue weighted by atomic mass is 9.97. The van der Waals surface area contributed by atoms with Gasteiger partial charge in [-0.05, 0) is 60.2 Å². The van der Waals surface area contributed by atoms with Crippen molar-refractivity contribution in [3.05, 3.63) is 77.4 Å². The quantitative estimate of drug-likeness (QED) is 0.658. The predicted octanol–water partition coefficient (Wildman–Crippen LogP) is 4.95. The van der Waals surface area contributed by atoms with Crippen LogP contribution in [0.4, 0.5) is 10.1 Å². The average molecular weight is 394 g/mol. The van der Waals surface area contributed by atoms with E-state index in [9.17, 15) is 9.18 Å². The summed E-state index contributed by atoms with van der Waals surface area (Å²) in [5.74, 6) is -0.162. The number of nitrogens with zero attached hydrogens (tertiary/aromatic N) is 1. The Bertz CT molecular complexity index is 1020. The third-order valence-corrected chi connectivity index (χ3v) is 4.81. The molecule has 0 atom stereocenters. The lowest BCUT2D eigenvalue weighted by Gasteiger charge is -2.18. The minimum Gasteiger partial charge on any atom is -0.493 e. The van der Waals surface area contributed by atoms with Gasteiger partial charge in [-0.3, -0.25) is 4.98 Å². The fourth-order valence-electron chi connectivity index (χ4n) is 3.21. The summed E-state index contributed by atoms with van der Waals surface area (Å²) in [6, 6.07) is 12.8. The standard InChI is InChI=1S/C16H15FO.C7H8N2O2/c1-11-14(5-2-6-15(11)17)13-8-7-12-4-3-9-18-16(12)10-13;1-8-6-4-9-3-2-5(6)7(10)11/h2,5-8,10H,3-4,9H2,1H3;2-4,8H,1H3,(H,10,11). The lowest BCUT2D eigenvalue weighted by molar-refractivity contribution is 0.0698. The molecule has 0 radical (unpaired) electrons. The van der Waals surface area contributed by atoms with Gasteiger partial charge < -0.3 is 15.2 Å². The van der Waals surface area contributed by atoms with E-state index in [1.54, 1.807) is 13.1 Å². The zero-order chi connectivity index (χ0) is 20.8. The third-order valence-electron chi connectivity index (χ3n) is 4.81. The van der Waals surface area contributed by atoms with Gasteiger partial charge in [-0.2, -0.15) is 0 Å². The lowest BCUT2D eigenvalue weighted by Crippen LogP contribution is -2.08. The Hall–Kier alpha value is -3.41. The highest BCUT2D eigenvalue weighted by Gasteiger charge is 2.13. The van der Waals surface area contributed by atoms with Crippen LogP contribution in [-0.2, 0) is 6.42 Å². The summed E-state index contributed by atoms with van der Waals surface area (Å²) in [6.45, 7) is 2.59. The molecule has 0 fully saturated rings. The molecule has 150 valence electrons. The molecular formula is C23H23FN2O3. The molecule has 3 aromatic rings. The summed E-state index contributed by atoms with van der Waals surface area (Å²) < 4.78 is 19.2. The number of halogens is 1. The SMILES string of the molecule is CNc1cnccc1C(=O)O.Cc1c(F)cccc1-c1ccc2c(c1)OCCC2. The molecule has 0 aliphatic carbocycles. The van der Waals surface area contributed by atoms with Gasteiger partial charge in [-0.1, -0.05) is 24.3 Å². The normalized spacial score (nSPS) is 12.1. The van der Waals surface area contributed by atoms with E-state index < -0.39 is 5.97 Å². The fourth-order valence-corrected chi connectivity index (χ4v) is 3.21. The third kappa shape index (κ3) is 4.71. The highest BCUT2D eigenvalue weighted by molar-refractivity contribution is 5.93. The van der Waals surface area contributed by atoms with Gasteiger partial charge in [-0.15, -0.1) is 0 Å². The van der Waals surface area contributed by atoms with E-state index in [4.69, 9.17) is 9.84 Å². The van der Waals surface area contributed by atoms with Crippen molar-refractivity contribution in [2.45, 2.75) is 19.8 Å². The van der Waals surface area contributed by atoms with E-state index in [1.807, 2.05) is 19.1 Å². The van der Waals surface area contributed by atoms with Gasteiger partial charge in [0.25, 0.3) is 0 Å². The molecule has 4 rings (SSSR count). The molecule has 0 amide bonds. The monoisotopic (exact) mass is 394 g/mol. The summed E-state index contributed by atoms with van der Waals surface area (Å²) in [4.78, 5) is 14.3. The number of hydrogen-bond acceptors (Lipinski definition) is 4. The van der Waals surface area contributed by atoms with Crippen molar-refractivity contribution in [2.75, 3.05) is 19.0 Å². The second-order valence-electron chi connectivity index (χ2n) is 6.66. The summed E-state index contributed by atoms with van der Waals surface area (Å²) >= 11 is 0. The number of aryl methyl sites for hydroxylation is 1. The van der Waals surface area contributed by atoms with Crippen LogP contribution in [-0.4, -0.2) is 29.7 Å². The Kier molecular flexibility index (Phi) is 6.44. The van der Waals surface area contributed by atoms with E-state index in [1.165, 1.54) is 30.1 Å². The summed E-state index contributed by atoms with van der Waals surface area (Å²) in [5.41, 5.74) is 4.66. The number of fused-ring (bicyclic) bond motifs is 1. The summed E-state index contributed by atoms with van der Waals surface area (Å²) in [7, 11) is 1.66. The van der Waals surface area contributed by atoms with Crippen LogP contribution in [0.3, 0.4) is 0 Å². The molecule has 6 heteroatoms. The van der Waals surface area contributed by atoms with Crippen molar-refractivity contribution < 1.29 is 19.0 Å². The first-order chi connectivity index (χ1) is 14.0. The summed E-state index contributed by atoms with van der Waals surface area (Å²) in [5, 5.41) is 11.4. The Labute approximate surface area is 169 Å². The molecule has 1 aliphatic rings. The van der Waals surface area contributed by atoms with Gasteiger partial charge in [0, 0.05) is 13.2 Å². The van der Waals surface area contributed by atoms with Crippen molar-refractivity contribution in [3.63, 3.8) is 0 Å². The second-order valence-corrected chi connectivity index (χ2v) is 6.66.